The summed E-state index contributed by atoms with van der Waals surface area (Å²) >= 11 is 6.95. The molecule has 1 unspecified atom stereocenters. The van der Waals surface area contributed by atoms with Gasteiger partial charge in [-0.15, -0.1) is 5.10 Å². The second-order valence-electron chi connectivity index (χ2n) is 8.07. The van der Waals surface area contributed by atoms with Crippen LogP contribution in [0.25, 0.3) is 0 Å². The predicted molar refractivity (Wildman–Crippen MR) is 124 cm³/mol. The van der Waals surface area contributed by atoms with E-state index in [0.29, 0.717) is 12.6 Å². The number of carbonyl (C=O) groups is 1. The molecule has 1 aromatic carbocycles. The summed E-state index contributed by atoms with van der Waals surface area (Å²) in [5, 5.41) is 11.8. The molecule has 1 saturated heterocycles. The van der Waals surface area contributed by atoms with Crippen molar-refractivity contribution < 1.29 is 9.53 Å². The van der Waals surface area contributed by atoms with E-state index in [1.807, 2.05) is 28.9 Å². The number of amides is 1. The number of aromatic nitrogens is 2. The molecule has 9 heteroatoms. The highest BCUT2D eigenvalue weighted by atomic mass is 32.1. The monoisotopic (exact) mass is 449 g/mol. The van der Waals surface area contributed by atoms with Crippen molar-refractivity contribution in [3.63, 3.8) is 0 Å². The lowest BCUT2D eigenvalue weighted by Crippen LogP contribution is -2.44. The van der Waals surface area contributed by atoms with Crippen molar-refractivity contribution in [1.82, 2.24) is 20.0 Å². The Morgan fingerprint density at radius 1 is 1.30 bits per heavy atom. The molecule has 0 spiro atoms. The maximum Gasteiger partial charge on any atom is 0.223 e. The Kier molecular flexibility index (Phi) is 7.85. The number of ether oxygens (including phenoxy) is 1. The first kappa shape index (κ1) is 22.7. The molecule has 0 aliphatic carbocycles. The van der Waals surface area contributed by atoms with E-state index in [2.05, 4.69) is 41.4 Å². The number of carbonyl (C=O) groups excluding carboxylic acids is 1. The van der Waals surface area contributed by atoms with Gasteiger partial charge < -0.3 is 15.4 Å². The van der Waals surface area contributed by atoms with Crippen LogP contribution in [0.3, 0.4) is 0 Å². The Bertz CT molecular complexity index is 903. The average molecular weight is 450 g/mol. The minimum atomic E-state index is 0.0913. The summed E-state index contributed by atoms with van der Waals surface area (Å²) in [4.78, 5) is 14.8. The third-order valence-corrected chi connectivity index (χ3v) is 6.84. The second-order valence-corrected chi connectivity index (χ2v) is 9.70. The molecule has 2 N–H and O–H groups in total. The van der Waals surface area contributed by atoms with Gasteiger partial charge in [0.2, 0.25) is 11.0 Å². The highest BCUT2D eigenvalue weighted by molar-refractivity contribution is 7.73. The van der Waals surface area contributed by atoms with Crippen molar-refractivity contribution in [3.05, 3.63) is 28.2 Å². The Balaban J connectivity index is 1.54. The van der Waals surface area contributed by atoms with E-state index >= 15 is 0 Å². The zero-order chi connectivity index (χ0) is 21.7. The van der Waals surface area contributed by atoms with Crippen molar-refractivity contribution in [2.75, 3.05) is 25.5 Å². The first-order valence-electron chi connectivity index (χ1n) is 10.4. The van der Waals surface area contributed by atoms with Gasteiger partial charge in [-0.25, -0.2) is 4.68 Å². The van der Waals surface area contributed by atoms with E-state index < -0.39 is 0 Å². The molecule has 1 fully saturated rings. The smallest absolute Gasteiger partial charge is 0.223 e. The summed E-state index contributed by atoms with van der Waals surface area (Å²) in [5.41, 5.74) is 0.860. The SMILES string of the molecule is COc1ccccc1Nc1nn(CN2CCC(C(=O)NC(C)C(C)C)CC2)c(=S)s1. The van der Waals surface area contributed by atoms with Gasteiger partial charge in [0.05, 0.1) is 19.5 Å². The summed E-state index contributed by atoms with van der Waals surface area (Å²) in [6, 6.07) is 7.93. The quantitative estimate of drug-likeness (QED) is 0.587. The predicted octanol–water partition coefficient (Wildman–Crippen LogP) is 4.26. The second kappa shape index (κ2) is 10.4. The topological polar surface area (TPSA) is 71.4 Å². The molecule has 2 aromatic rings. The summed E-state index contributed by atoms with van der Waals surface area (Å²) in [6.07, 6.45) is 1.72. The number of para-hydroxylation sites is 2. The van der Waals surface area contributed by atoms with Crippen LogP contribution >= 0.6 is 23.6 Å². The van der Waals surface area contributed by atoms with Crippen LogP contribution < -0.4 is 15.4 Å². The Labute approximate surface area is 187 Å². The minimum absolute atomic E-state index is 0.0913. The summed E-state index contributed by atoms with van der Waals surface area (Å²) in [5.74, 6) is 1.48. The lowest BCUT2D eigenvalue weighted by Gasteiger charge is -2.31. The summed E-state index contributed by atoms with van der Waals surface area (Å²) in [7, 11) is 1.65. The zero-order valence-corrected chi connectivity index (χ0v) is 19.7. The molecule has 1 aliphatic heterocycles. The standard InChI is InChI=1S/C21H31N5O2S2/c1-14(2)15(3)22-19(27)16-9-11-25(12-10-16)13-26-21(29)30-20(24-26)23-17-7-5-6-8-18(17)28-4/h5-8,14-16H,9-13H2,1-4H3,(H,22,27)(H,23,24). The minimum Gasteiger partial charge on any atom is -0.495 e. The first-order valence-corrected chi connectivity index (χ1v) is 11.6. The van der Waals surface area contributed by atoms with Gasteiger partial charge in [-0.2, -0.15) is 0 Å². The fraction of sp³-hybridized carbons (Fsp3) is 0.571. The molecule has 7 nitrogen and oxygen atoms in total. The molecule has 1 amide bonds. The highest BCUT2D eigenvalue weighted by Gasteiger charge is 2.26. The van der Waals surface area contributed by atoms with Gasteiger partial charge in [0.15, 0.2) is 3.95 Å². The molecule has 0 saturated carbocycles. The number of hydrogen-bond donors (Lipinski definition) is 2. The molecule has 2 heterocycles. The Morgan fingerprint density at radius 2 is 2.00 bits per heavy atom. The number of nitrogens with zero attached hydrogens (tertiary/aromatic N) is 3. The van der Waals surface area contributed by atoms with Crippen LogP contribution in [0.1, 0.15) is 33.6 Å². The maximum atomic E-state index is 12.5. The molecular weight excluding hydrogens is 418 g/mol. The van der Waals surface area contributed by atoms with Crippen LogP contribution in [-0.2, 0) is 11.5 Å². The zero-order valence-electron chi connectivity index (χ0n) is 18.1. The first-order chi connectivity index (χ1) is 14.4. The maximum absolute atomic E-state index is 12.5. The number of rotatable bonds is 8. The van der Waals surface area contributed by atoms with Gasteiger partial charge in [0.1, 0.15) is 5.75 Å². The van der Waals surface area contributed by atoms with Gasteiger partial charge in [-0.1, -0.05) is 37.3 Å². The van der Waals surface area contributed by atoms with Crippen LogP contribution in [0.4, 0.5) is 10.8 Å². The number of benzene rings is 1. The summed E-state index contributed by atoms with van der Waals surface area (Å²) < 4.78 is 7.95. The van der Waals surface area contributed by atoms with Gasteiger partial charge in [-0.05, 0) is 50.0 Å². The van der Waals surface area contributed by atoms with Crippen molar-refractivity contribution in [2.24, 2.45) is 11.8 Å². The number of methoxy groups -OCH3 is 1. The van der Waals surface area contributed by atoms with E-state index in [0.717, 1.165) is 46.5 Å². The summed E-state index contributed by atoms with van der Waals surface area (Å²) in [6.45, 7) is 8.69. The highest BCUT2D eigenvalue weighted by Crippen LogP contribution is 2.28. The fourth-order valence-electron chi connectivity index (χ4n) is 3.34. The van der Waals surface area contributed by atoms with Crippen LogP contribution in [0.2, 0.25) is 0 Å². The molecule has 0 radical (unpaired) electrons. The van der Waals surface area contributed by atoms with E-state index in [4.69, 9.17) is 17.0 Å². The molecule has 164 valence electrons. The molecular formula is C21H31N5O2S2. The van der Waals surface area contributed by atoms with E-state index in [-0.39, 0.29) is 17.9 Å². The molecule has 1 atom stereocenters. The Hall–Kier alpha value is -1.97. The van der Waals surface area contributed by atoms with Crippen LogP contribution in [0.15, 0.2) is 24.3 Å². The van der Waals surface area contributed by atoms with Gasteiger partial charge >= 0.3 is 0 Å². The van der Waals surface area contributed by atoms with Crippen LogP contribution in [0.5, 0.6) is 5.75 Å². The number of likely N-dealkylation sites (tertiary alicyclic amines) is 1. The fourth-order valence-corrected chi connectivity index (χ4v) is 4.35. The number of anilines is 2. The molecule has 3 rings (SSSR count). The van der Waals surface area contributed by atoms with Gasteiger partial charge in [0.25, 0.3) is 0 Å². The molecule has 1 aliphatic rings. The van der Waals surface area contributed by atoms with Gasteiger partial charge in [-0.3, -0.25) is 9.69 Å². The lowest BCUT2D eigenvalue weighted by molar-refractivity contribution is -0.127. The number of nitrogens with one attached hydrogen (secondary N) is 2. The lowest BCUT2D eigenvalue weighted by atomic mass is 9.95. The van der Waals surface area contributed by atoms with Crippen molar-refractivity contribution in [1.29, 1.82) is 0 Å². The van der Waals surface area contributed by atoms with Crippen LogP contribution in [-0.4, -0.2) is 46.8 Å². The third-order valence-electron chi connectivity index (χ3n) is 5.62. The van der Waals surface area contributed by atoms with Crippen molar-refractivity contribution in [2.45, 2.75) is 46.3 Å². The largest absolute Gasteiger partial charge is 0.495 e. The Morgan fingerprint density at radius 3 is 2.67 bits per heavy atom. The van der Waals surface area contributed by atoms with E-state index in [9.17, 15) is 4.79 Å². The third kappa shape index (κ3) is 5.80. The van der Waals surface area contributed by atoms with Crippen molar-refractivity contribution in [3.8, 4) is 5.75 Å². The van der Waals surface area contributed by atoms with E-state index in [1.165, 1.54) is 11.3 Å². The van der Waals surface area contributed by atoms with Gasteiger partial charge in [0, 0.05) is 25.0 Å². The molecule has 0 bridgehead atoms. The molecule has 1 aromatic heterocycles. The van der Waals surface area contributed by atoms with Crippen molar-refractivity contribution >= 4 is 40.3 Å². The number of piperidine rings is 1. The van der Waals surface area contributed by atoms with E-state index in [1.54, 1.807) is 7.11 Å². The normalized spacial score (nSPS) is 16.4. The molecule has 30 heavy (non-hydrogen) atoms. The number of hydrogen-bond acceptors (Lipinski definition) is 7. The average Bonchev–Trinajstić information content (AvgIpc) is 3.07. The van der Waals surface area contributed by atoms with Crippen LogP contribution in [0, 0.1) is 15.8 Å².